The van der Waals surface area contributed by atoms with Crippen molar-refractivity contribution in [1.29, 1.82) is 0 Å². The summed E-state index contributed by atoms with van der Waals surface area (Å²) in [5.41, 5.74) is 2.45. The first-order valence-electron chi connectivity index (χ1n) is 10.4. The largest absolute Gasteiger partial charge is 0.369 e. The van der Waals surface area contributed by atoms with Crippen LogP contribution >= 0.6 is 11.8 Å². The zero-order valence-electron chi connectivity index (χ0n) is 18.1. The first kappa shape index (κ1) is 22.1. The highest BCUT2D eigenvalue weighted by atomic mass is 32.2. The van der Waals surface area contributed by atoms with Crippen LogP contribution < -0.4 is 10.6 Å². The lowest BCUT2D eigenvalue weighted by molar-refractivity contribution is 0.0951. The molecule has 0 radical (unpaired) electrons. The second-order valence-corrected chi connectivity index (χ2v) is 8.72. The number of carbonyl (C=O) groups is 1. The Kier molecular flexibility index (Phi) is 7.68. The third-order valence-corrected chi connectivity index (χ3v) is 5.64. The molecule has 0 fully saturated rings. The molecular weight excluding hydrogens is 396 g/mol. The van der Waals surface area contributed by atoms with Crippen molar-refractivity contribution in [3.8, 4) is 0 Å². The molecule has 0 aliphatic carbocycles. The summed E-state index contributed by atoms with van der Waals surface area (Å²) in [5, 5.41) is 12.6. The molecule has 0 saturated carbocycles. The van der Waals surface area contributed by atoms with Gasteiger partial charge in [0.05, 0.1) is 18.1 Å². The van der Waals surface area contributed by atoms with Gasteiger partial charge in [-0.3, -0.25) is 4.79 Å². The number of nitrogens with one attached hydrogen (secondary N) is 2. The molecule has 3 rings (SSSR count). The van der Waals surface area contributed by atoms with Crippen LogP contribution in [-0.2, 0) is 6.54 Å². The molecule has 0 aliphatic rings. The molecule has 0 aliphatic heterocycles. The Morgan fingerprint density at radius 3 is 2.77 bits per heavy atom. The summed E-state index contributed by atoms with van der Waals surface area (Å²) in [4.78, 5) is 21.9. The van der Waals surface area contributed by atoms with Crippen molar-refractivity contribution in [3.05, 3.63) is 41.6 Å². The van der Waals surface area contributed by atoms with Gasteiger partial charge in [0.25, 0.3) is 5.91 Å². The normalized spacial score (nSPS) is 11.2. The van der Waals surface area contributed by atoms with E-state index in [-0.39, 0.29) is 5.91 Å². The maximum absolute atomic E-state index is 12.5. The number of aryl methyl sites for hydroxylation is 1. The number of benzene rings is 1. The Morgan fingerprint density at radius 2 is 2.03 bits per heavy atom. The summed E-state index contributed by atoms with van der Waals surface area (Å²) in [6.45, 7) is 10.3. The van der Waals surface area contributed by atoms with Crippen molar-refractivity contribution in [1.82, 2.24) is 25.1 Å². The quantitative estimate of drug-likeness (QED) is 0.374. The smallest absolute Gasteiger partial charge is 0.251 e. The summed E-state index contributed by atoms with van der Waals surface area (Å²) >= 11 is 1.65. The third kappa shape index (κ3) is 5.50. The minimum Gasteiger partial charge on any atom is -0.369 e. The van der Waals surface area contributed by atoms with Gasteiger partial charge in [0.15, 0.2) is 10.8 Å². The molecule has 0 atom stereocenters. The van der Waals surface area contributed by atoms with Crippen molar-refractivity contribution in [2.45, 2.75) is 45.8 Å². The number of carbonyl (C=O) groups excluding carboxylic acids is 1. The van der Waals surface area contributed by atoms with Crippen molar-refractivity contribution in [3.63, 3.8) is 0 Å². The van der Waals surface area contributed by atoms with Gasteiger partial charge in [-0.1, -0.05) is 50.7 Å². The average Bonchev–Trinajstić information content (AvgIpc) is 3.13. The molecule has 160 valence electrons. The molecule has 0 saturated heterocycles. The molecule has 2 heterocycles. The fourth-order valence-corrected chi connectivity index (χ4v) is 3.68. The van der Waals surface area contributed by atoms with Gasteiger partial charge in [0.2, 0.25) is 0 Å². The Morgan fingerprint density at radius 1 is 1.23 bits per heavy atom. The van der Waals surface area contributed by atoms with Crippen molar-refractivity contribution < 1.29 is 4.79 Å². The lowest BCUT2D eigenvalue weighted by atomic mass is 10.1. The number of thioether (sulfide) groups is 1. The number of hydrogen-bond acceptors (Lipinski definition) is 6. The van der Waals surface area contributed by atoms with E-state index in [9.17, 15) is 4.79 Å². The average molecular weight is 427 g/mol. The summed E-state index contributed by atoms with van der Waals surface area (Å²) < 4.78 is 1.84. The second kappa shape index (κ2) is 10.4. The van der Waals surface area contributed by atoms with Gasteiger partial charge in [-0.15, -0.1) is 0 Å². The SMILES string of the molecule is CCCSc1nc(NCC(C)C)c2cnn(CCNC(=O)c3ccccc3C)c2n1. The molecule has 1 amide bonds. The van der Waals surface area contributed by atoms with Gasteiger partial charge in [0.1, 0.15) is 5.82 Å². The molecule has 7 nitrogen and oxygen atoms in total. The highest BCUT2D eigenvalue weighted by Gasteiger charge is 2.14. The number of amides is 1. The molecule has 30 heavy (non-hydrogen) atoms. The first-order valence-corrected chi connectivity index (χ1v) is 11.4. The van der Waals surface area contributed by atoms with Crippen molar-refractivity contribution >= 4 is 34.5 Å². The van der Waals surface area contributed by atoms with Gasteiger partial charge in [-0.2, -0.15) is 5.10 Å². The van der Waals surface area contributed by atoms with Gasteiger partial charge in [-0.05, 0) is 30.9 Å². The topological polar surface area (TPSA) is 84.7 Å². The van der Waals surface area contributed by atoms with E-state index in [1.54, 1.807) is 18.0 Å². The van der Waals surface area contributed by atoms with Crippen LogP contribution in [0.4, 0.5) is 5.82 Å². The second-order valence-electron chi connectivity index (χ2n) is 7.65. The minimum atomic E-state index is -0.0716. The van der Waals surface area contributed by atoms with Crippen molar-refractivity contribution in [2.24, 2.45) is 5.92 Å². The number of rotatable bonds is 10. The molecule has 0 bridgehead atoms. The standard InChI is InChI=1S/C22H30N6OS/c1-5-12-30-22-26-19(24-13-15(2)3)18-14-25-28(20(18)27-22)11-10-23-21(29)17-9-7-6-8-16(17)4/h6-9,14-15H,5,10-13H2,1-4H3,(H,23,29)(H,24,26,27). The van der Waals surface area contributed by atoms with E-state index in [0.717, 1.165) is 46.3 Å². The predicted molar refractivity (Wildman–Crippen MR) is 123 cm³/mol. The van der Waals surface area contributed by atoms with E-state index in [4.69, 9.17) is 9.97 Å². The van der Waals surface area contributed by atoms with E-state index in [0.29, 0.717) is 24.6 Å². The maximum Gasteiger partial charge on any atom is 0.251 e. The fourth-order valence-electron chi connectivity index (χ4n) is 2.99. The van der Waals surface area contributed by atoms with E-state index in [2.05, 4.69) is 36.5 Å². The number of hydrogen-bond donors (Lipinski definition) is 2. The van der Waals surface area contributed by atoms with Crippen LogP contribution in [0.2, 0.25) is 0 Å². The van der Waals surface area contributed by atoms with Crippen LogP contribution in [0, 0.1) is 12.8 Å². The molecule has 0 spiro atoms. The molecule has 3 aromatic rings. The first-order chi connectivity index (χ1) is 14.5. The van der Waals surface area contributed by atoms with Gasteiger partial charge in [-0.25, -0.2) is 14.6 Å². The van der Waals surface area contributed by atoms with Crippen LogP contribution in [0.1, 0.15) is 43.1 Å². The number of aromatic nitrogens is 4. The van der Waals surface area contributed by atoms with Crippen LogP contribution in [-0.4, -0.2) is 44.5 Å². The summed E-state index contributed by atoms with van der Waals surface area (Å²) in [6, 6.07) is 7.58. The van der Waals surface area contributed by atoms with Crippen LogP contribution in [0.3, 0.4) is 0 Å². The number of fused-ring (bicyclic) bond motifs is 1. The Labute approximate surface area is 182 Å². The van der Waals surface area contributed by atoms with Crippen LogP contribution in [0.25, 0.3) is 11.0 Å². The monoisotopic (exact) mass is 426 g/mol. The molecule has 0 unspecified atom stereocenters. The highest BCUT2D eigenvalue weighted by Crippen LogP contribution is 2.25. The Balaban J connectivity index is 1.75. The lowest BCUT2D eigenvalue weighted by Crippen LogP contribution is -2.28. The maximum atomic E-state index is 12.5. The summed E-state index contributed by atoms with van der Waals surface area (Å²) in [7, 11) is 0. The summed E-state index contributed by atoms with van der Waals surface area (Å²) in [6.07, 6.45) is 2.86. The zero-order chi connectivity index (χ0) is 21.5. The van der Waals surface area contributed by atoms with Gasteiger partial charge < -0.3 is 10.6 Å². The minimum absolute atomic E-state index is 0.0716. The van der Waals surface area contributed by atoms with Gasteiger partial charge >= 0.3 is 0 Å². The molecule has 8 heteroatoms. The fraction of sp³-hybridized carbons (Fsp3) is 0.455. The number of nitrogens with zero attached hydrogens (tertiary/aromatic N) is 4. The van der Waals surface area contributed by atoms with Crippen molar-refractivity contribution in [2.75, 3.05) is 24.2 Å². The van der Waals surface area contributed by atoms with E-state index in [1.165, 1.54) is 0 Å². The zero-order valence-corrected chi connectivity index (χ0v) is 18.9. The van der Waals surface area contributed by atoms with Gasteiger partial charge in [0, 0.05) is 24.4 Å². The highest BCUT2D eigenvalue weighted by molar-refractivity contribution is 7.99. The summed E-state index contributed by atoms with van der Waals surface area (Å²) in [5.74, 6) is 2.23. The number of anilines is 1. The van der Waals surface area contributed by atoms with E-state index < -0.39 is 0 Å². The van der Waals surface area contributed by atoms with E-state index >= 15 is 0 Å². The predicted octanol–water partition coefficient (Wildman–Crippen LogP) is 4.13. The van der Waals surface area contributed by atoms with E-state index in [1.807, 2.05) is 35.9 Å². The van der Waals surface area contributed by atoms with Crippen LogP contribution in [0.15, 0.2) is 35.6 Å². The molecule has 2 aromatic heterocycles. The lowest BCUT2D eigenvalue weighted by Gasteiger charge is -2.11. The molecular formula is C22H30N6OS. The molecule has 2 N–H and O–H groups in total. The Bertz CT molecular complexity index is 1000. The molecule has 1 aromatic carbocycles. The third-order valence-electron chi connectivity index (χ3n) is 4.59. The van der Waals surface area contributed by atoms with Crippen LogP contribution in [0.5, 0.6) is 0 Å². The Hall–Kier alpha value is -2.61.